The highest BCUT2D eigenvalue weighted by atomic mass is 79.9. The van der Waals surface area contributed by atoms with Gasteiger partial charge < -0.3 is 9.52 Å². The zero-order valence-electron chi connectivity index (χ0n) is 7.72. The molecular weight excluding hydrogens is 277 g/mol. The molecule has 2 nitrogen and oxygen atoms in total. The molecule has 1 aromatic heterocycles. The summed E-state index contributed by atoms with van der Waals surface area (Å²) < 4.78 is 40.9. The van der Waals surface area contributed by atoms with E-state index in [0.29, 0.717) is 4.67 Å². The predicted molar refractivity (Wildman–Crippen MR) is 51.3 cm³/mol. The molecule has 1 aromatic rings. The first-order valence-corrected chi connectivity index (χ1v) is 5.18. The highest BCUT2D eigenvalue weighted by Gasteiger charge is 2.26. The second-order valence-corrected chi connectivity index (χ2v) is 3.95. The van der Waals surface area contributed by atoms with Crippen LogP contribution < -0.4 is 0 Å². The Balaban J connectivity index is 2.34. The van der Waals surface area contributed by atoms with Crippen LogP contribution in [0.3, 0.4) is 0 Å². The van der Waals surface area contributed by atoms with Gasteiger partial charge in [0.2, 0.25) is 0 Å². The number of alkyl halides is 3. The van der Waals surface area contributed by atoms with Gasteiger partial charge >= 0.3 is 6.18 Å². The molecule has 0 saturated heterocycles. The lowest BCUT2D eigenvalue weighted by Crippen LogP contribution is -2.07. The van der Waals surface area contributed by atoms with Gasteiger partial charge in [-0.25, -0.2) is 0 Å². The average molecular weight is 287 g/mol. The van der Waals surface area contributed by atoms with Crippen molar-refractivity contribution < 1.29 is 22.7 Å². The molecule has 15 heavy (non-hydrogen) atoms. The van der Waals surface area contributed by atoms with Gasteiger partial charge in [0.25, 0.3) is 0 Å². The van der Waals surface area contributed by atoms with Gasteiger partial charge in [-0.1, -0.05) is 0 Å². The number of aliphatic hydroxyl groups is 1. The summed E-state index contributed by atoms with van der Waals surface area (Å²) in [5.41, 5.74) is 0. The third kappa shape index (κ3) is 4.70. The van der Waals surface area contributed by atoms with Crippen LogP contribution in [0, 0.1) is 0 Å². The second kappa shape index (κ2) is 5.03. The van der Waals surface area contributed by atoms with E-state index in [0.717, 1.165) is 0 Å². The number of hydrogen-bond acceptors (Lipinski definition) is 2. The van der Waals surface area contributed by atoms with Crippen LogP contribution >= 0.6 is 15.9 Å². The van der Waals surface area contributed by atoms with E-state index in [1.807, 2.05) is 0 Å². The van der Waals surface area contributed by atoms with Gasteiger partial charge in [-0.2, -0.15) is 13.2 Å². The van der Waals surface area contributed by atoms with E-state index in [4.69, 9.17) is 4.42 Å². The van der Waals surface area contributed by atoms with Crippen LogP contribution in [0.2, 0.25) is 0 Å². The van der Waals surface area contributed by atoms with Gasteiger partial charge in [-0.05, 0) is 40.9 Å². The van der Waals surface area contributed by atoms with Crippen LogP contribution in [0.4, 0.5) is 13.2 Å². The minimum absolute atomic E-state index is 0.0411. The van der Waals surface area contributed by atoms with E-state index in [9.17, 15) is 18.3 Å². The Labute approximate surface area is 93.2 Å². The van der Waals surface area contributed by atoms with Crippen molar-refractivity contribution in [3.63, 3.8) is 0 Å². The number of furan rings is 1. The van der Waals surface area contributed by atoms with E-state index in [1.165, 1.54) is 6.07 Å². The second-order valence-electron chi connectivity index (χ2n) is 3.17. The molecule has 1 atom stereocenters. The molecule has 86 valence electrons. The summed E-state index contributed by atoms with van der Waals surface area (Å²) >= 11 is 3.04. The summed E-state index contributed by atoms with van der Waals surface area (Å²) in [5, 5.41) is 9.45. The number of aliphatic hydroxyl groups excluding tert-OH is 1. The quantitative estimate of drug-likeness (QED) is 0.913. The van der Waals surface area contributed by atoms with Gasteiger partial charge in [0.05, 0.1) is 0 Å². The Hall–Kier alpha value is -0.490. The van der Waals surface area contributed by atoms with Gasteiger partial charge in [0.15, 0.2) is 4.67 Å². The van der Waals surface area contributed by atoms with Gasteiger partial charge in [0, 0.05) is 6.42 Å². The molecule has 0 aromatic carbocycles. The Morgan fingerprint density at radius 3 is 2.53 bits per heavy atom. The number of halogens is 4. The highest BCUT2D eigenvalue weighted by Crippen LogP contribution is 2.27. The topological polar surface area (TPSA) is 33.4 Å². The molecule has 0 bridgehead atoms. The maximum absolute atomic E-state index is 11.8. The summed E-state index contributed by atoms with van der Waals surface area (Å²) in [6.07, 6.45) is -6.09. The Kier molecular flexibility index (Phi) is 4.21. The maximum atomic E-state index is 11.8. The molecule has 0 radical (unpaired) electrons. The average Bonchev–Trinajstić information content (AvgIpc) is 2.49. The molecule has 0 fully saturated rings. The van der Waals surface area contributed by atoms with Crippen LogP contribution in [0.25, 0.3) is 0 Å². The summed E-state index contributed by atoms with van der Waals surface area (Å²) in [6.45, 7) is 0. The molecule has 0 aliphatic carbocycles. The SMILES string of the molecule is OC(CCCC(F)(F)F)c1ccc(Br)o1. The van der Waals surface area contributed by atoms with E-state index < -0.39 is 18.7 Å². The highest BCUT2D eigenvalue weighted by molar-refractivity contribution is 9.10. The van der Waals surface area contributed by atoms with Crippen LogP contribution in [-0.4, -0.2) is 11.3 Å². The lowest BCUT2D eigenvalue weighted by molar-refractivity contribution is -0.136. The Morgan fingerprint density at radius 1 is 1.40 bits per heavy atom. The molecule has 6 heteroatoms. The van der Waals surface area contributed by atoms with Crippen molar-refractivity contribution in [3.8, 4) is 0 Å². The van der Waals surface area contributed by atoms with Crippen LogP contribution in [-0.2, 0) is 0 Å². The van der Waals surface area contributed by atoms with Gasteiger partial charge in [0.1, 0.15) is 11.9 Å². The first-order valence-electron chi connectivity index (χ1n) is 4.38. The molecule has 1 heterocycles. The maximum Gasteiger partial charge on any atom is 0.389 e. The Bertz CT molecular complexity index is 309. The van der Waals surface area contributed by atoms with Crippen LogP contribution in [0.5, 0.6) is 0 Å². The number of hydrogen-bond donors (Lipinski definition) is 1. The minimum atomic E-state index is -4.16. The third-order valence-corrected chi connectivity index (χ3v) is 2.29. The number of rotatable bonds is 4. The summed E-state index contributed by atoms with van der Waals surface area (Å²) in [4.78, 5) is 0. The fraction of sp³-hybridized carbons (Fsp3) is 0.556. The molecule has 1 N–H and O–H groups in total. The smallest absolute Gasteiger partial charge is 0.389 e. The minimum Gasteiger partial charge on any atom is -0.452 e. The normalized spacial score (nSPS) is 14.2. The van der Waals surface area contributed by atoms with Crippen molar-refractivity contribution >= 4 is 15.9 Å². The fourth-order valence-corrected chi connectivity index (χ4v) is 1.46. The molecular formula is C9H10BrF3O2. The largest absolute Gasteiger partial charge is 0.452 e. The van der Waals surface area contributed by atoms with E-state index >= 15 is 0 Å². The third-order valence-electron chi connectivity index (χ3n) is 1.86. The molecule has 1 rings (SSSR count). The van der Waals surface area contributed by atoms with Crippen molar-refractivity contribution in [3.05, 3.63) is 22.6 Å². The van der Waals surface area contributed by atoms with Gasteiger partial charge in [-0.3, -0.25) is 0 Å². The standard InChI is InChI=1S/C9H10BrF3O2/c10-8-4-3-7(15-8)6(14)2-1-5-9(11,12)13/h3-4,6,14H,1-2,5H2. The van der Waals surface area contributed by atoms with Crippen LogP contribution in [0.1, 0.15) is 31.1 Å². The molecule has 1 unspecified atom stereocenters. The lowest BCUT2D eigenvalue weighted by Gasteiger charge is -2.09. The van der Waals surface area contributed by atoms with Crippen LogP contribution in [0.15, 0.2) is 21.2 Å². The molecule has 0 saturated carbocycles. The zero-order valence-corrected chi connectivity index (χ0v) is 9.31. The van der Waals surface area contributed by atoms with E-state index in [1.54, 1.807) is 6.07 Å². The first-order chi connectivity index (χ1) is 6.88. The fourth-order valence-electron chi connectivity index (χ4n) is 1.15. The van der Waals surface area contributed by atoms with E-state index in [2.05, 4.69) is 15.9 Å². The molecule has 0 amide bonds. The first kappa shape index (κ1) is 12.6. The monoisotopic (exact) mass is 286 g/mol. The summed E-state index contributed by atoms with van der Waals surface area (Å²) in [6, 6.07) is 3.12. The van der Waals surface area contributed by atoms with Crippen molar-refractivity contribution in [1.82, 2.24) is 0 Å². The Morgan fingerprint density at radius 2 is 2.07 bits per heavy atom. The lowest BCUT2D eigenvalue weighted by atomic mass is 10.1. The van der Waals surface area contributed by atoms with Gasteiger partial charge in [-0.15, -0.1) is 0 Å². The van der Waals surface area contributed by atoms with Crippen molar-refractivity contribution in [2.24, 2.45) is 0 Å². The van der Waals surface area contributed by atoms with Crippen molar-refractivity contribution in [2.75, 3.05) is 0 Å². The zero-order chi connectivity index (χ0) is 11.5. The van der Waals surface area contributed by atoms with Crippen molar-refractivity contribution in [1.29, 1.82) is 0 Å². The molecule has 0 aliphatic heterocycles. The summed E-state index contributed by atoms with van der Waals surface area (Å²) in [7, 11) is 0. The molecule has 0 aliphatic rings. The van der Waals surface area contributed by atoms with E-state index in [-0.39, 0.29) is 18.6 Å². The predicted octanol–water partition coefficient (Wildman–Crippen LogP) is 3.81. The summed E-state index contributed by atoms with van der Waals surface area (Å²) in [5.74, 6) is 0.282. The molecule has 0 spiro atoms. The van der Waals surface area contributed by atoms with Crippen molar-refractivity contribution in [2.45, 2.75) is 31.5 Å².